The van der Waals surface area contributed by atoms with Crippen LogP contribution in [0.1, 0.15) is 27.0 Å². The average molecular weight is 407 g/mol. The van der Waals surface area contributed by atoms with Crippen molar-refractivity contribution >= 4 is 27.5 Å². The van der Waals surface area contributed by atoms with E-state index in [1.807, 2.05) is 32.9 Å². The molecule has 3 rings (SSSR count). The van der Waals surface area contributed by atoms with Crippen LogP contribution in [0.5, 0.6) is 0 Å². The first-order chi connectivity index (χ1) is 12.7. The first-order valence-electron chi connectivity index (χ1n) is 8.83. The Kier molecular flexibility index (Phi) is 5.60. The summed E-state index contributed by atoms with van der Waals surface area (Å²) >= 11 is 5.96. The fraction of sp³-hybridized carbons (Fsp3) is 0.350. The van der Waals surface area contributed by atoms with Crippen LogP contribution in [0.25, 0.3) is 0 Å². The lowest BCUT2D eigenvalue weighted by Gasteiger charge is -2.34. The highest BCUT2D eigenvalue weighted by Gasteiger charge is 2.32. The number of piperazine rings is 1. The van der Waals surface area contributed by atoms with Crippen LogP contribution in [0.15, 0.2) is 41.3 Å². The van der Waals surface area contributed by atoms with Gasteiger partial charge in [0.1, 0.15) is 0 Å². The van der Waals surface area contributed by atoms with Crippen molar-refractivity contribution in [2.45, 2.75) is 25.7 Å². The Morgan fingerprint density at radius 3 is 2.11 bits per heavy atom. The average Bonchev–Trinajstić information content (AvgIpc) is 2.60. The maximum absolute atomic E-state index is 13.1. The van der Waals surface area contributed by atoms with Gasteiger partial charge in [0.05, 0.1) is 4.90 Å². The molecule has 0 atom stereocenters. The smallest absolute Gasteiger partial charge is 0.253 e. The number of halogens is 1. The summed E-state index contributed by atoms with van der Waals surface area (Å²) in [4.78, 5) is 14.7. The van der Waals surface area contributed by atoms with Crippen LogP contribution in [0, 0.1) is 20.8 Å². The lowest BCUT2D eigenvalue weighted by Crippen LogP contribution is -2.50. The van der Waals surface area contributed by atoms with E-state index in [2.05, 4.69) is 0 Å². The third kappa shape index (κ3) is 4.03. The summed E-state index contributed by atoms with van der Waals surface area (Å²) < 4.78 is 27.7. The summed E-state index contributed by atoms with van der Waals surface area (Å²) in [6.07, 6.45) is 0. The molecule has 5 nitrogen and oxygen atoms in total. The fourth-order valence-electron chi connectivity index (χ4n) is 3.64. The summed E-state index contributed by atoms with van der Waals surface area (Å²) in [7, 11) is -3.59. The molecule has 0 unspecified atom stereocenters. The quantitative estimate of drug-likeness (QED) is 0.784. The molecular formula is C20H23ClN2O3S. The standard InChI is InChI=1S/C20H23ClN2O3S/c1-14-11-15(2)19(16(3)12-14)27(25,26)23-9-7-22(8-10-23)20(24)17-5-4-6-18(21)13-17/h4-6,11-13H,7-10H2,1-3H3. The van der Waals surface area contributed by atoms with Gasteiger partial charge in [-0.1, -0.05) is 35.4 Å². The van der Waals surface area contributed by atoms with Crippen molar-refractivity contribution in [3.8, 4) is 0 Å². The third-order valence-electron chi connectivity index (χ3n) is 4.80. The molecule has 0 bridgehead atoms. The molecule has 1 amide bonds. The molecule has 0 saturated carbocycles. The van der Waals surface area contributed by atoms with Crippen molar-refractivity contribution in [2.75, 3.05) is 26.2 Å². The Balaban J connectivity index is 1.76. The van der Waals surface area contributed by atoms with Crippen molar-refractivity contribution in [1.82, 2.24) is 9.21 Å². The Hall–Kier alpha value is -1.89. The van der Waals surface area contributed by atoms with Crippen molar-refractivity contribution in [3.63, 3.8) is 0 Å². The molecule has 27 heavy (non-hydrogen) atoms. The van der Waals surface area contributed by atoms with Crippen LogP contribution in [0.4, 0.5) is 0 Å². The van der Waals surface area contributed by atoms with E-state index in [0.29, 0.717) is 28.6 Å². The first kappa shape index (κ1) is 19.9. The molecule has 1 aliphatic rings. The number of nitrogens with zero attached hydrogens (tertiary/aromatic N) is 2. The largest absolute Gasteiger partial charge is 0.336 e. The molecule has 0 aliphatic carbocycles. The molecule has 0 radical (unpaired) electrons. The van der Waals surface area contributed by atoms with Crippen molar-refractivity contribution in [2.24, 2.45) is 0 Å². The van der Waals surface area contributed by atoms with Gasteiger partial charge in [0.25, 0.3) is 5.91 Å². The molecule has 0 N–H and O–H groups in total. The number of hydrogen-bond acceptors (Lipinski definition) is 3. The van der Waals surface area contributed by atoms with Gasteiger partial charge in [0, 0.05) is 36.8 Å². The zero-order chi connectivity index (χ0) is 19.8. The highest BCUT2D eigenvalue weighted by molar-refractivity contribution is 7.89. The second kappa shape index (κ2) is 7.62. The fourth-order valence-corrected chi connectivity index (χ4v) is 5.66. The number of sulfonamides is 1. The lowest BCUT2D eigenvalue weighted by atomic mass is 10.1. The van der Waals surface area contributed by atoms with E-state index in [9.17, 15) is 13.2 Å². The molecule has 1 heterocycles. The van der Waals surface area contributed by atoms with Gasteiger partial charge < -0.3 is 4.90 Å². The second-order valence-electron chi connectivity index (χ2n) is 6.93. The molecule has 2 aromatic rings. The summed E-state index contributed by atoms with van der Waals surface area (Å²) in [5, 5.41) is 0.507. The molecule has 1 fully saturated rings. The zero-order valence-corrected chi connectivity index (χ0v) is 17.3. The van der Waals surface area contributed by atoms with Gasteiger partial charge in [-0.2, -0.15) is 4.31 Å². The Labute approximate surface area is 165 Å². The van der Waals surface area contributed by atoms with Crippen molar-refractivity contribution in [1.29, 1.82) is 0 Å². The molecule has 0 spiro atoms. The molecule has 1 saturated heterocycles. The maximum Gasteiger partial charge on any atom is 0.253 e. The molecule has 1 aliphatic heterocycles. The molecule has 144 valence electrons. The summed E-state index contributed by atoms with van der Waals surface area (Å²) in [6.45, 7) is 6.88. The predicted molar refractivity (Wildman–Crippen MR) is 107 cm³/mol. The minimum Gasteiger partial charge on any atom is -0.336 e. The number of hydrogen-bond donors (Lipinski definition) is 0. The van der Waals surface area contributed by atoms with Gasteiger partial charge in [-0.3, -0.25) is 4.79 Å². The summed E-state index contributed by atoms with van der Waals surface area (Å²) in [6, 6.07) is 10.6. The van der Waals surface area contributed by atoms with Crippen molar-refractivity contribution in [3.05, 3.63) is 63.7 Å². The van der Waals surface area contributed by atoms with Gasteiger partial charge in [-0.05, 0) is 50.1 Å². The van der Waals surface area contributed by atoms with Crippen LogP contribution in [-0.2, 0) is 10.0 Å². The van der Waals surface area contributed by atoms with E-state index >= 15 is 0 Å². The number of aryl methyl sites for hydroxylation is 3. The number of rotatable bonds is 3. The van der Waals surface area contributed by atoms with E-state index in [0.717, 1.165) is 16.7 Å². The SMILES string of the molecule is Cc1cc(C)c(S(=O)(=O)N2CCN(C(=O)c3cccc(Cl)c3)CC2)c(C)c1. The van der Waals surface area contributed by atoms with Crippen LogP contribution in [0.3, 0.4) is 0 Å². The predicted octanol–water partition coefficient (Wildman–Crippen LogP) is 3.41. The van der Waals surface area contributed by atoms with E-state index in [-0.39, 0.29) is 19.0 Å². The van der Waals surface area contributed by atoms with E-state index < -0.39 is 10.0 Å². The number of amides is 1. The van der Waals surface area contributed by atoms with E-state index in [1.165, 1.54) is 4.31 Å². The third-order valence-corrected chi connectivity index (χ3v) is 7.24. The van der Waals surface area contributed by atoms with Gasteiger partial charge in [0.2, 0.25) is 10.0 Å². The van der Waals surface area contributed by atoms with Crippen LogP contribution < -0.4 is 0 Å². The number of carbonyl (C=O) groups excluding carboxylic acids is 1. The summed E-state index contributed by atoms with van der Waals surface area (Å²) in [5.41, 5.74) is 3.07. The normalized spacial score (nSPS) is 15.8. The van der Waals surface area contributed by atoms with Crippen LogP contribution in [-0.4, -0.2) is 49.7 Å². The zero-order valence-electron chi connectivity index (χ0n) is 15.7. The summed E-state index contributed by atoms with van der Waals surface area (Å²) in [5.74, 6) is -0.128. The Morgan fingerprint density at radius 1 is 0.963 bits per heavy atom. The van der Waals surface area contributed by atoms with Gasteiger partial charge in [-0.25, -0.2) is 8.42 Å². The number of benzene rings is 2. The molecule has 0 aromatic heterocycles. The van der Waals surface area contributed by atoms with E-state index in [1.54, 1.807) is 29.2 Å². The van der Waals surface area contributed by atoms with Crippen molar-refractivity contribution < 1.29 is 13.2 Å². The minimum absolute atomic E-state index is 0.128. The minimum atomic E-state index is -3.59. The highest BCUT2D eigenvalue weighted by atomic mass is 35.5. The number of carbonyl (C=O) groups is 1. The van der Waals surface area contributed by atoms with Crippen LogP contribution >= 0.6 is 11.6 Å². The maximum atomic E-state index is 13.1. The molecule has 2 aromatic carbocycles. The highest BCUT2D eigenvalue weighted by Crippen LogP contribution is 2.26. The lowest BCUT2D eigenvalue weighted by molar-refractivity contribution is 0.0698. The van der Waals surface area contributed by atoms with Crippen LogP contribution in [0.2, 0.25) is 5.02 Å². The molecular weight excluding hydrogens is 384 g/mol. The second-order valence-corrected chi connectivity index (χ2v) is 9.25. The van der Waals surface area contributed by atoms with Gasteiger partial charge in [0.15, 0.2) is 0 Å². The van der Waals surface area contributed by atoms with E-state index in [4.69, 9.17) is 11.6 Å². The Bertz CT molecular complexity index is 957. The van der Waals surface area contributed by atoms with Gasteiger partial charge in [-0.15, -0.1) is 0 Å². The van der Waals surface area contributed by atoms with Gasteiger partial charge >= 0.3 is 0 Å². The molecule has 7 heteroatoms. The first-order valence-corrected chi connectivity index (χ1v) is 10.6. The Morgan fingerprint density at radius 2 is 1.56 bits per heavy atom. The topological polar surface area (TPSA) is 57.7 Å². The monoisotopic (exact) mass is 406 g/mol.